The van der Waals surface area contributed by atoms with Crippen LogP contribution in [0.2, 0.25) is 5.02 Å². The van der Waals surface area contributed by atoms with E-state index in [2.05, 4.69) is 20.9 Å². The average Bonchev–Trinajstić information content (AvgIpc) is 2.34. The van der Waals surface area contributed by atoms with Crippen LogP contribution in [0.4, 0.5) is 5.69 Å². The molecule has 0 amide bonds. The van der Waals surface area contributed by atoms with Crippen LogP contribution in [-0.4, -0.2) is 9.55 Å². The lowest BCUT2D eigenvalue weighted by molar-refractivity contribution is 0.725. The van der Waals surface area contributed by atoms with E-state index < -0.39 is 0 Å². The molecule has 0 atom stereocenters. The minimum absolute atomic E-state index is 0.138. The molecule has 0 saturated carbocycles. The summed E-state index contributed by atoms with van der Waals surface area (Å²) < 4.78 is 1.95. The molecule has 18 heavy (non-hydrogen) atoms. The zero-order chi connectivity index (χ0) is 13.3. The van der Waals surface area contributed by atoms with E-state index in [4.69, 9.17) is 17.3 Å². The van der Waals surface area contributed by atoms with Crippen molar-refractivity contribution >= 4 is 33.2 Å². The fourth-order valence-corrected chi connectivity index (χ4v) is 2.07. The molecule has 0 bridgehead atoms. The van der Waals surface area contributed by atoms with E-state index in [9.17, 15) is 4.79 Å². The lowest BCUT2D eigenvalue weighted by Crippen LogP contribution is -2.22. The number of halogens is 2. The van der Waals surface area contributed by atoms with Crippen molar-refractivity contribution in [1.82, 2.24) is 9.55 Å². The van der Waals surface area contributed by atoms with Crippen molar-refractivity contribution in [3.05, 3.63) is 55.6 Å². The number of aryl methyl sites for hydroxylation is 1. The number of hydrogen-bond acceptors (Lipinski definition) is 3. The van der Waals surface area contributed by atoms with Crippen molar-refractivity contribution < 1.29 is 0 Å². The number of anilines is 1. The van der Waals surface area contributed by atoms with Crippen LogP contribution in [0.5, 0.6) is 0 Å². The third-order valence-corrected chi connectivity index (χ3v) is 3.85. The van der Waals surface area contributed by atoms with Crippen LogP contribution in [0.1, 0.15) is 11.3 Å². The molecular formula is C12H11BrClN3O. The van der Waals surface area contributed by atoms with Gasteiger partial charge in [0.15, 0.2) is 0 Å². The number of hydrogen-bond donors (Lipinski definition) is 1. The number of nitrogens with two attached hydrogens (primary N) is 1. The summed E-state index contributed by atoms with van der Waals surface area (Å²) in [6.07, 6.45) is 1.50. The van der Waals surface area contributed by atoms with Crippen LogP contribution in [0.15, 0.2) is 33.8 Å². The number of nitrogens with zero attached hydrogens (tertiary/aromatic N) is 2. The molecule has 2 aromatic rings. The first-order chi connectivity index (χ1) is 8.49. The van der Waals surface area contributed by atoms with Gasteiger partial charge in [-0.2, -0.15) is 0 Å². The van der Waals surface area contributed by atoms with Crippen LogP contribution in [-0.2, 0) is 6.54 Å². The van der Waals surface area contributed by atoms with E-state index in [1.165, 1.54) is 10.9 Å². The summed E-state index contributed by atoms with van der Waals surface area (Å²) >= 11 is 9.29. The van der Waals surface area contributed by atoms with E-state index in [-0.39, 0.29) is 5.56 Å². The molecule has 0 radical (unpaired) electrons. The molecule has 0 aliphatic carbocycles. The predicted octanol–water partition coefficient (Wildman–Crippen LogP) is 2.60. The van der Waals surface area contributed by atoms with Gasteiger partial charge in [0.1, 0.15) is 4.47 Å². The summed E-state index contributed by atoms with van der Waals surface area (Å²) in [7, 11) is 0. The molecular weight excluding hydrogens is 318 g/mol. The lowest BCUT2D eigenvalue weighted by Gasteiger charge is -2.09. The molecule has 0 unspecified atom stereocenters. The maximum Gasteiger partial charge on any atom is 0.268 e. The molecule has 0 spiro atoms. The fraction of sp³-hybridized carbons (Fsp3) is 0.167. The first kappa shape index (κ1) is 13.1. The van der Waals surface area contributed by atoms with Gasteiger partial charge in [0.05, 0.1) is 18.6 Å². The van der Waals surface area contributed by atoms with Crippen LogP contribution in [0, 0.1) is 6.92 Å². The number of aromatic nitrogens is 2. The Morgan fingerprint density at radius 2 is 2.22 bits per heavy atom. The predicted molar refractivity (Wildman–Crippen MR) is 75.9 cm³/mol. The maximum absolute atomic E-state index is 12.0. The molecule has 4 nitrogen and oxygen atoms in total. The summed E-state index contributed by atoms with van der Waals surface area (Å²) in [5, 5.41) is 0.577. The zero-order valence-electron chi connectivity index (χ0n) is 9.65. The first-order valence-corrected chi connectivity index (χ1v) is 6.41. The highest BCUT2D eigenvalue weighted by Gasteiger charge is 2.08. The SMILES string of the molecule is Cc1ncn(Cc2cc(N)ccc2Cl)c(=O)c1Br. The molecule has 2 N–H and O–H groups in total. The fourth-order valence-electron chi connectivity index (χ4n) is 1.56. The lowest BCUT2D eigenvalue weighted by atomic mass is 10.2. The molecule has 1 aromatic heterocycles. The summed E-state index contributed by atoms with van der Waals surface area (Å²) in [5.74, 6) is 0. The Hall–Kier alpha value is -1.33. The van der Waals surface area contributed by atoms with Gasteiger partial charge < -0.3 is 5.73 Å². The first-order valence-electron chi connectivity index (χ1n) is 5.24. The van der Waals surface area contributed by atoms with E-state index in [1.807, 2.05) is 0 Å². The van der Waals surface area contributed by atoms with Crippen molar-refractivity contribution in [3.8, 4) is 0 Å². The molecule has 0 saturated heterocycles. The van der Waals surface area contributed by atoms with Crippen LogP contribution in [0.25, 0.3) is 0 Å². The smallest absolute Gasteiger partial charge is 0.268 e. The second kappa shape index (κ2) is 5.12. The maximum atomic E-state index is 12.0. The van der Waals surface area contributed by atoms with Gasteiger partial charge in [0.2, 0.25) is 0 Å². The van der Waals surface area contributed by atoms with Gasteiger partial charge in [0.25, 0.3) is 5.56 Å². The Bertz CT molecular complexity index is 654. The second-order valence-corrected chi connectivity index (χ2v) is 5.13. The number of nitrogen functional groups attached to an aromatic ring is 1. The average molecular weight is 329 g/mol. The summed E-state index contributed by atoms with van der Waals surface area (Å²) in [4.78, 5) is 16.1. The molecule has 2 rings (SSSR count). The summed E-state index contributed by atoms with van der Waals surface area (Å²) in [6, 6.07) is 5.19. The standard InChI is InChI=1S/C12H11BrClN3O/c1-7-11(13)12(18)17(6-16-7)5-8-4-9(15)2-3-10(8)14/h2-4,6H,5,15H2,1H3. The number of benzene rings is 1. The monoisotopic (exact) mass is 327 g/mol. The molecule has 0 aliphatic rings. The third kappa shape index (κ3) is 2.57. The van der Waals surface area contributed by atoms with Gasteiger partial charge in [0, 0.05) is 10.7 Å². The van der Waals surface area contributed by atoms with Gasteiger partial charge in [-0.15, -0.1) is 0 Å². The molecule has 6 heteroatoms. The van der Waals surface area contributed by atoms with Gasteiger partial charge in [-0.3, -0.25) is 9.36 Å². The third-order valence-electron chi connectivity index (χ3n) is 2.57. The normalized spacial score (nSPS) is 10.6. The Kier molecular flexibility index (Phi) is 3.73. The van der Waals surface area contributed by atoms with Gasteiger partial charge >= 0.3 is 0 Å². The summed E-state index contributed by atoms with van der Waals surface area (Å²) in [6.45, 7) is 2.11. The van der Waals surface area contributed by atoms with E-state index >= 15 is 0 Å². The van der Waals surface area contributed by atoms with Crippen molar-refractivity contribution in [2.45, 2.75) is 13.5 Å². The molecule has 0 aliphatic heterocycles. The van der Waals surface area contributed by atoms with E-state index in [0.717, 1.165) is 5.56 Å². The van der Waals surface area contributed by atoms with Gasteiger partial charge in [-0.25, -0.2) is 4.98 Å². The molecule has 0 fully saturated rings. The highest BCUT2D eigenvalue weighted by atomic mass is 79.9. The highest BCUT2D eigenvalue weighted by Crippen LogP contribution is 2.19. The zero-order valence-corrected chi connectivity index (χ0v) is 12.0. The van der Waals surface area contributed by atoms with E-state index in [0.29, 0.717) is 27.4 Å². The molecule has 1 heterocycles. The van der Waals surface area contributed by atoms with Crippen molar-refractivity contribution in [3.63, 3.8) is 0 Å². The van der Waals surface area contributed by atoms with Crippen molar-refractivity contribution in [2.24, 2.45) is 0 Å². The highest BCUT2D eigenvalue weighted by molar-refractivity contribution is 9.10. The largest absolute Gasteiger partial charge is 0.399 e. The quantitative estimate of drug-likeness (QED) is 0.862. The Morgan fingerprint density at radius 1 is 1.50 bits per heavy atom. The Labute approximate surface area is 118 Å². The van der Waals surface area contributed by atoms with Gasteiger partial charge in [-0.1, -0.05) is 11.6 Å². The minimum Gasteiger partial charge on any atom is -0.399 e. The van der Waals surface area contributed by atoms with Crippen LogP contribution < -0.4 is 11.3 Å². The van der Waals surface area contributed by atoms with Crippen LogP contribution >= 0.6 is 27.5 Å². The molecule has 94 valence electrons. The van der Waals surface area contributed by atoms with Crippen molar-refractivity contribution in [2.75, 3.05) is 5.73 Å². The Balaban J connectivity index is 2.44. The topological polar surface area (TPSA) is 60.9 Å². The molecule has 1 aromatic carbocycles. The van der Waals surface area contributed by atoms with Crippen LogP contribution in [0.3, 0.4) is 0 Å². The Morgan fingerprint density at radius 3 is 2.94 bits per heavy atom. The van der Waals surface area contributed by atoms with E-state index in [1.54, 1.807) is 25.1 Å². The summed E-state index contributed by atoms with van der Waals surface area (Å²) in [5.41, 5.74) is 7.63. The second-order valence-electron chi connectivity index (χ2n) is 3.93. The minimum atomic E-state index is -0.138. The number of rotatable bonds is 2. The van der Waals surface area contributed by atoms with Crippen molar-refractivity contribution in [1.29, 1.82) is 0 Å². The van der Waals surface area contributed by atoms with Gasteiger partial charge in [-0.05, 0) is 46.6 Å².